The molecule has 0 aliphatic carbocycles. The van der Waals surface area contributed by atoms with E-state index in [1.165, 1.54) is 7.11 Å². The highest BCUT2D eigenvalue weighted by Gasteiger charge is 2.25. The first-order valence-corrected chi connectivity index (χ1v) is 6.89. The number of amides is 2. The monoisotopic (exact) mass is 292 g/mol. The molecule has 1 heterocycles. The molecule has 0 spiro atoms. The maximum absolute atomic E-state index is 12.2. The lowest BCUT2D eigenvalue weighted by atomic mass is 10.2. The zero-order valence-corrected chi connectivity index (χ0v) is 12.5. The first-order valence-electron chi connectivity index (χ1n) is 6.89. The highest BCUT2D eigenvalue weighted by molar-refractivity contribution is 5.92. The molecule has 0 saturated carbocycles. The number of hydrogen-bond acceptors (Lipinski definition) is 4. The van der Waals surface area contributed by atoms with E-state index in [9.17, 15) is 9.59 Å². The van der Waals surface area contributed by atoms with Crippen molar-refractivity contribution in [1.29, 1.82) is 0 Å². The number of methoxy groups -OCH3 is 1. The van der Waals surface area contributed by atoms with Crippen molar-refractivity contribution in [2.45, 2.75) is 26.1 Å². The Balaban J connectivity index is 1.97. The highest BCUT2D eigenvalue weighted by Crippen LogP contribution is 2.14. The number of anilines is 1. The number of nitrogens with one attached hydrogen (secondary N) is 1. The van der Waals surface area contributed by atoms with E-state index in [0.29, 0.717) is 24.3 Å². The second-order valence-corrected chi connectivity index (χ2v) is 5.16. The molecule has 1 aromatic carbocycles. The first kappa shape index (κ1) is 15.3. The van der Waals surface area contributed by atoms with Gasteiger partial charge in [0.1, 0.15) is 0 Å². The molecule has 1 aromatic rings. The number of hydrogen-bond donors (Lipinski definition) is 1. The first-order chi connectivity index (χ1) is 9.99. The van der Waals surface area contributed by atoms with Gasteiger partial charge in [0, 0.05) is 18.8 Å². The van der Waals surface area contributed by atoms with Crippen molar-refractivity contribution < 1.29 is 19.1 Å². The number of morpholine rings is 1. The molecule has 2 rings (SSSR count). The third kappa shape index (κ3) is 3.95. The van der Waals surface area contributed by atoms with E-state index in [4.69, 9.17) is 4.74 Å². The van der Waals surface area contributed by atoms with E-state index in [0.717, 1.165) is 0 Å². The van der Waals surface area contributed by atoms with Crippen LogP contribution in [0.4, 0.5) is 10.5 Å². The largest absolute Gasteiger partial charge is 0.465 e. The summed E-state index contributed by atoms with van der Waals surface area (Å²) < 4.78 is 10.2. The van der Waals surface area contributed by atoms with Crippen molar-refractivity contribution in [3.63, 3.8) is 0 Å². The average Bonchev–Trinajstić information content (AvgIpc) is 2.46. The Labute approximate surface area is 124 Å². The molecule has 6 nitrogen and oxygen atoms in total. The molecule has 1 N–H and O–H groups in total. The lowest BCUT2D eigenvalue weighted by Gasteiger charge is -2.35. The SMILES string of the molecule is COC(=O)c1ccc(NC(=O)N2C[C@H](C)O[C@@H](C)C2)cc1. The molecule has 114 valence electrons. The van der Waals surface area contributed by atoms with Crippen LogP contribution in [0.2, 0.25) is 0 Å². The zero-order valence-electron chi connectivity index (χ0n) is 12.5. The Kier molecular flexibility index (Phi) is 4.80. The van der Waals surface area contributed by atoms with Gasteiger partial charge in [0.15, 0.2) is 0 Å². The summed E-state index contributed by atoms with van der Waals surface area (Å²) in [7, 11) is 1.33. The van der Waals surface area contributed by atoms with Gasteiger partial charge in [0.2, 0.25) is 0 Å². The smallest absolute Gasteiger partial charge is 0.337 e. The van der Waals surface area contributed by atoms with Crippen LogP contribution in [0.1, 0.15) is 24.2 Å². The number of esters is 1. The lowest BCUT2D eigenvalue weighted by Crippen LogP contribution is -2.49. The van der Waals surface area contributed by atoms with Gasteiger partial charge in [-0.15, -0.1) is 0 Å². The number of carbonyl (C=O) groups excluding carboxylic acids is 2. The normalized spacial score (nSPS) is 21.8. The lowest BCUT2D eigenvalue weighted by molar-refractivity contribution is -0.0530. The summed E-state index contributed by atoms with van der Waals surface area (Å²) in [5.41, 5.74) is 1.09. The number of ether oxygens (including phenoxy) is 2. The summed E-state index contributed by atoms with van der Waals surface area (Å²) >= 11 is 0. The van der Waals surface area contributed by atoms with E-state index in [1.807, 2.05) is 13.8 Å². The molecule has 0 unspecified atom stereocenters. The third-order valence-electron chi connectivity index (χ3n) is 3.26. The van der Waals surface area contributed by atoms with E-state index in [-0.39, 0.29) is 18.2 Å². The Morgan fingerprint density at radius 1 is 1.19 bits per heavy atom. The zero-order chi connectivity index (χ0) is 15.4. The van der Waals surface area contributed by atoms with Crippen molar-refractivity contribution in [2.75, 3.05) is 25.5 Å². The summed E-state index contributed by atoms with van der Waals surface area (Å²) in [6.07, 6.45) is 0.0578. The van der Waals surface area contributed by atoms with Crippen LogP contribution >= 0.6 is 0 Å². The Hall–Kier alpha value is -2.08. The molecule has 2 amide bonds. The number of carbonyl (C=O) groups is 2. The van der Waals surface area contributed by atoms with Gasteiger partial charge in [-0.2, -0.15) is 0 Å². The second kappa shape index (κ2) is 6.58. The van der Waals surface area contributed by atoms with E-state index < -0.39 is 5.97 Å². The van der Waals surface area contributed by atoms with E-state index >= 15 is 0 Å². The minimum Gasteiger partial charge on any atom is -0.465 e. The van der Waals surface area contributed by atoms with Crippen molar-refractivity contribution in [2.24, 2.45) is 0 Å². The van der Waals surface area contributed by atoms with Crippen LogP contribution in [0.5, 0.6) is 0 Å². The Bertz CT molecular complexity index is 505. The molecular weight excluding hydrogens is 272 g/mol. The van der Waals surface area contributed by atoms with Gasteiger partial charge in [-0.25, -0.2) is 9.59 Å². The second-order valence-electron chi connectivity index (χ2n) is 5.16. The summed E-state index contributed by atoms with van der Waals surface area (Å²) in [5.74, 6) is -0.399. The highest BCUT2D eigenvalue weighted by atomic mass is 16.5. The fourth-order valence-corrected chi connectivity index (χ4v) is 2.35. The summed E-state index contributed by atoms with van der Waals surface area (Å²) in [5, 5.41) is 2.82. The average molecular weight is 292 g/mol. The van der Waals surface area contributed by atoms with Gasteiger partial charge < -0.3 is 19.7 Å². The maximum atomic E-state index is 12.2. The van der Waals surface area contributed by atoms with Crippen LogP contribution in [-0.4, -0.2) is 49.3 Å². The van der Waals surface area contributed by atoms with Gasteiger partial charge in [0.05, 0.1) is 24.9 Å². The van der Waals surface area contributed by atoms with Gasteiger partial charge in [-0.05, 0) is 38.1 Å². The van der Waals surface area contributed by atoms with Crippen molar-refractivity contribution in [1.82, 2.24) is 4.90 Å². The number of benzene rings is 1. The quantitative estimate of drug-likeness (QED) is 0.848. The number of rotatable bonds is 2. The standard InChI is InChI=1S/C15H20N2O4/c1-10-8-17(9-11(2)21-10)15(19)16-13-6-4-12(5-7-13)14(18)20-3/h4-7,10-11H,8-9H2,1-3H3,(H,16,19)/t10-,11-/m0/s1. The van der Waals surface area contributed by atoms with Crippen LogP contribution in [0.25, 0.3) is 0 Å². The molecule has 0 aromatic heterocycles. The topological polar surface area (TPSA) is 67.9 Å². The molecule has 1 aliphatic heterocycles. The molecule has 1 aliphatic rings. The molecule has 1 fully saturated rings. The molecule has 21 heavy (non-hydrogen) atoms. The van der Waals surface area contributed by atoms with Gasteiger partial charge in [-0.3, -0.25) is 0 Å². The molecule has 1 saturated heterocycles. The van der Waals surface area contributed by atoms with Gasteiger partial charge in [-0.1, -0.05) is 0 Å². The predicted octanol–water partition coefficient (Wildman–Crippen LogP) is 2.11. The summed E-state index contributed by atoms with van der Waals surface area (Å²) in [6, 6.07) is 6.43. The summed E-state index contributed by atoms with van der Waals surface area (Å²) in [6.45, 7) is 5.02. The van der Waals surface area contributed by atoms with Crippen molar-refractivity contribution in [3.8, 4) is 0 Å². The fraction of sp³-hybridized carbons (Fsp3) is 0.467. The van der Waals surface area contributed by atoms with Crippen LogP contribution in [0, 0.1) is 0 Å². The van der Waals surface area contributed by atoms with Crippen LogP contribution in [-0.2, 0) is 9.47 Å². The molecule has 2 atom stereocenters. The minimum absolute atomic E-state index is 0.0289. The van der Waals surface area contributed by atoms with Gasteiger partial charge in [0.25, 0.3) is 0 Å². The Morgan fingerprint density at radius 2 is 1.76 bits per heavy atom. The van der Waals surface area contributed by atoms with Gasteiger partial charge >= 0.3 is 12.0 Å². The summed E-state index contributed by atoms with van der Waals surface area (Å²) in [4.78, 5) is 25.3. The Morgan fingerprint density at radius 3 is 2.29 bits per heavy atom. The predicted molar refractivity (Wildman–Crippen MR) is 78.4 cm³/mol. The van der Waals surface area contributed by atoms with Crippen LogP contribution in [0.15, 0.2) is 24.3 Å². The van der Waals surface area contributed by atoms with E-state index in [2.05, 4.69) is 10.1 Å². The van der Waals surface area contributed by atoms with Crippen LogP contribution < -0.4 is 5.32 Å². The number of urea groups is 1. The molecule has 0 radical (unpaired) electrons. The van der Waals surface area contributed by atoms with Crippen molar-refractivity contribution >= 4 is 17.7 Å². The molecular formula is C15H20N2O4. The van der Waals surface area contributed by atoms with E-state index in [1.54, 1.807) is 29.2 Å². The molecule has 0 bridgehead atoms. The fourth-order valence-electron chi connectivity index (χ4n) is 2.35. The minimum atomic E-state index is -0.399. The molecule has 6 heteroatoms. The third-order valence-corrected chi connectivity index (χ3v) is 3.26. The number of nitrogens with zero attached hydrogens (tertiary/aromatic N) is 1. The van der Waals surface area contributed by atoms with Crippen LogP contribution in [0.3, 0.4) is 0 Å². The van der Waals surface area contributed by atoms with Crippen molar-refractivity contribution in [3.05, 3.63) is 29.8 Å². The maximum Gasteiger partial charge on any atom is 0.337 e.